The Hall–Kier alpha value is -5.38. The molecule has 0 spiro atoms. The van der Waals surface area contributed by atoms with Gasteiger partial charge in [0, 0.05) is 16.7 Å². The van der Waals surface area contributed by atoms with Gasteiger partial charge in [0.1, 0.15) is 8.80 Å². The summed E-state index contributed by atoms with van der Waals surface area (Å²) in [5.74, 6) is 0.784. The Labute approximate surface area is 257 Å². The highest BCUT2D eigenvalue weighted by molar-refractivity contribution is 6.91. The van der Waals surface area contributed by atoms with Crippen molar-refractivity contribution in [2.24, 2.45) is 0 Å². The molecule has 0 bridgehead atoms. The molecule has 1 unspecified atom stereocenters. The molecule has 8 aromatic rings. The lowest BCUT2D eigenvalue weighted by molar-refractivity contribution is 1.21. The molecule has 2 heterocycles. The Morgan fingerprint density at radius 3 is 1.82 bits per heavy atom. The van der Waals surface area contributed by atoms with Gasteiger partial charge in [0.05, 0.1) is 11.4 Å². The van der Waals surface area contributed by atoms with E-state index in [0.29, 0.717) is 0 Å². The van der Waals surface area contributed by atoms with Gasteiger partial charge in [0.2, 0.25) is 0 Å². The van der Waals surface area contributed by atoms with E-state index >= 15 is 0 Å². The van der Waals surface area contributed by atoms with Crippen LogP contribution in [0, 0.1) is 0 Å². The molecule has 0 N–H and O–H groups in total. The normalized spacial score (nSPS) is 13.8. The predicted molar refractivity (Wildman–Crippen MR) is 189 cm³/mol. The van der Waals surface area contributed by atoms with E-state index < -0.39 is 8.80 Å². The van der Waals surface area contributed by atoms with Crippen LogP contribution < -0.4 is 10.4 Å². The predicted octanol–water partition coefficient (Wildman–Crippen LogP) is 8.89. The van der Waals surface area contributed by atoms with Crippen molar-refractivity contribution in [2.45, 2.75) is 6.55 Å². The van der Waals surface area contributed by atoms with Crippen LogP contribution in [0.3, 0.4) is 0 Å². The molecule has 0 fully saturated rings. The molecule has 0 saturated heterocycles. The monoisotopic (exact) mass is 576 g/mol. The summed E-state index contributed by atoms with van der Waals surface area (Å²) in [6.07, 6.45) is 0. The van der Waals surface area contributed by atoms with Crippen molar-refractivity contribution < 1.29 is 0 Å². The summed E-state index contributed by atoms with van der Waals surface area (Å²) in [6.45, 7) is 2.47. The first-order valence-electron chi connectivity index (χ1n) is 15.3. The first-order valence-corrected chi connectivity index (χ1v) is 17.6. The van der Waals surface area contributed by atoms with Crippen molar-refractivity contribution in [3.05, 3.63) is 146 Å². The van der Waals surface area contributed by atoms with Crippen LogP contribution in [0.5, 0.6) is 0 Å². The molecule has 0 radical (unpaired) electrons. The van der Waals surface area contributed by atoms with Crippen molar-refractivity contribution >= 4 is 51.5 Å². The van der Waals surface area contributed by atoms with Crippen LogP contribution in [-0.4, -0.2) is 18.8 Å². The summed E-state index contributed by atoms with van der Waals surface area (Å²) < 4.78 is 0. The fourth-order valence-corrected chi connectivity index (χ4v) is 10.3. The van der Waals surface area contributed by atoms with Gasteiger partial charge in [-0.15, -0.1) is 0 Å². The lowest BCUT2D eigenvalue weighted by atomic mass is 9.94. The zero-order valence-electron chi connectivity index (χ0n) is 24.3. The molecule has 0 saturated carbocycles. The van der Waals surface area contributed by atoms with E-state index in [9.17, 15) is 0 Å². The van der Waals surface area contributed by atoms with Crippen LogP contribution >= 0.6 is 0 Å². The van der Waals surface area contributed by atoms with E-state index in [0.717, 1.165) is 28.3 Å². The quantitative estimate of drug-likeness (QED) is 0.155. The Kier molecular flexibility index (Phi) is 5.62. The third-order valence-electron chi connectivity index (χ3n) is 9.30. The zero-order chi connectivity index (χ0) is 29.2. The summed E-state index contributed by atoms with van der Waals surface area (Å²) in [4.78, 5) is 11.0. The number of benzene rings is 7. The summed E-state index contributed by atoms with van der Waals surface area (Å²) in [7, 11) is -1.69. The highest BCUT2D eigenvalue weighted by Crippen LogP contribution is 2.39. The van der Waals surface area contributed by atoms with Crippen molar-refractivity contribution in [3.63, 3.8) is 0 Å². The van der Waals surface area contributed by atoms with Gasteiger partial charge in [-0.2, -0.15) is 0 Å². The van der Waals surface area contributed by atoms with E-state index in [4.69, 9.17) is 9.97 Å². The Morgan fingerprint density at radius 2 is 1.00 bits per heavy atom. The Balaban J connectivity index is 1.40. The molecule has 9 rings (SSSR count). The molecule has 0 aliphatic carbocycles. The van der Waals surface area contributed by atoms with E-state index in [1.165, 1.54) is 59.4 Å². The van der Waals surface area contributed by atoms with E-state index in [1.807, 2.05) is 0 Å². The molecule has 3 heteroatoms. The maximum Gasteiger partial charge on any atom is 0.161 e. The standard InChI is InChI=1S/C41H28N2Si/c1-44-39-34-23-10-8-21-32(34)31-20-7-9-22-33(31)36(39)38-40(44)37(29-18-11-17-28(25-29)26-13-3-2-4-14-26)42-41(43-38)35-24-12-16-27-15-5-6-19-30(27)35/h2-25,44H,1H3. The number of nitrogens with zero attached hydrogens (tertiary/aromatic N) is 2. The van der Waals surface area contributed by atoms with Crippen LogP contribution in [0.4, 0.5) is 0 Å². The second-order valence-corrected chi connectivity index (χ2v) is 14.3. The van der Waals surface area contributed by atoms with Gasteiger partial charge in [-0.3, -0.25) is 0 Å². The maximum absolute atomic E-state index is 5.51. The van der Waals surface area contributed by atoms with Gasteiger partial charge in [-0.1, -0.05) is 146 Å². The van der Waals surface area contributed by atoms with Crippen LogP contribution in [0.25, 0.3) is 77.3 Å². The van der Waals surface area contributed by atoms with Gasteiger partial charge in [-0.25, -0.2) is 9.97 Å². The third kappa shape index (κ3) is 3.73. The molecule has 1 aromatic heterocycles. The number of rotatable bonds is 3. The molecule has 1 aliphatic rings. The number of hydrogen-bond acceptors (Lipinski definition) is 2. The average molecular weight is 577 g/mol. The Morgan fingerprint density at radius 1 is 0.432 bits per heavy atom. The number of hydrogen-bond donors (Lipinski definition) is 0. The van der Waals surface area contributed by atoms with E-state index in [1.54, 1.807) is 0 Å². The van der Waals surface area contributed by atoms with Crippen molar-refractivity contribution in [3.8, 4) is 45.0 Å². The van der Waals surface area contributed by atoms with E-state index in [2.05, 4.69) is 152 Å². The van der Waals surface area contributed by atoms with Gasteiger partial charge in [-0.05, 0) is 59.9 Å². The van der Waals surface area contributed by atoms with Crippen molar-refractivity contribution in [1.82, 2.24) is 9.97 Å². The molecular weight excluding hydrogens is 549 g/mol. The molecule has 1 atom stereocenters. The van der Waals surface area contributed by atoms with E-state index in [-0.39, 0.29) is 0 Å². The van der Waals surface area contributed by atoms with Gasteiger partial charge >= 0.3 is 0 Å². The lowest BCUT2D eigenvalue weighted by Gasteiger charge is -2.15. The van der Waals surface area contributed by atoms with Crippen molar-refractivity contribution in [1.29, 1.82) is 0 Å². The largest absolute Gasteiger partial charge is 0.228 e. The second kappa shape index (κ2) is 9.83. The molecule has 44 heavy (non-hydrogen) atoms. The highest BCUT2D eigenvalue weighted by atomic mass is 28.3. The van der Waals surface area contributed by atoms with Crippen LogP contribution in [-0.2, 0) is 0 Å². The lowest BCUT2D eigenvalue weighted by Crippen LogP contribution is -2.37. The smallest absolute Gasteiger partial charge is 0.161 e. The second-order valence-electron chi connectivity index (χ2n) is 11.7. The minimum atomic E-state index is -1.69. The zero-order valence-corrected chi connectivity index (χ0v) is 25.5. The average Bonchev–Trinajstić information content (AvgIpc) is 3.40. The third-order valence-corrected chi connectivity index (χ3v) is 12.2. The molecule has 1 aliphatic heterocycles. The topological polar surface area (TPSA) is 25.8 Å². The number of fused-ring (bicyclic) bond motifs is 9. The molecular formula is C41H28N2Si. The summed E-state index contributed by atoms with van der Waals surface area (Å²) in [5.41, 5.74) is 8.10. The summed E-state index contributed by atoms with van der Waals surface area (Å²) in [5, 5.41) is 10.4. The molecule has 206 valence electrons. The SMILES string of the molecule is C[SiH]1c2c(-c3cccc(-c4ccccc4)c3)nc(-c3cccc4ccccc34)nc2-c2c1c1ccccc1c1ccccc21. The molecule has 0 amide bonds. The van der Waals surface area contributed by atoms with Gasteiger partial charge in [0.15, 0.2) is 5.82 Å². The first-order chi connectivity index (χ1) is 21.8. The molecule has 7 aromatic carbocycles. The fraction of sp³-hybridized carbons (Fsp3) is 0.0244. The van der Waals surface area contributed by atoms with Gasteiger partial charge in [0.25, 0.3) is 0 Å². The van der Waals surface area contributed by atoms with Crippen LogP contribution in [0.1, 0.15) is 0 Å². The minimum Gasteiger partial charge on any atom is -0.228 e. The molecule has 2 nitrogen and oxygen atoms in total. The summed E-state index contributed by atoms with van der Waals surface area (Å²) >= 11 is 0. The maximum atomic E-state index is 5.51. The highest BCUT2D eigenvalue weighted by Gasteiger charge is 2.35. The fourth-order valence-electron chi connectivity index (χ4n) is 7.33. The van der Waals surface area contributed by atoms with Crippen LogP contribution in [0.15, 0.2) is 146 Å². The minimum absolute atomic E-state index is 0.784. The van der Waals surface area contributed by atoms with Crippen LogP contribution in [0.2, 0.25) is 6.55 Å². The Bertz CT molecular complexity index is 2410. The first kappa shape index (κ1) is 25.1. The van der Waals surface area contributed by atoms with Crippen molar-refractivity contribution in [2.75, 3.05) is 0 Å². The summed E-state index contributed by atoms with van der Waals surface area (Å²) in [6, 6.07) is 52.3. The number of aromatic nitrogens is 2. The van der Waals surface area contributed by atoms with Gasteiger partial charge < -0.3 is 0 Å².